The fourth-order valence-electron chi connectivity index (χ4n) is 3.29. The average Bonchev–Trinajstić information content (AvgIpc) is 2.91. The van der Waals surface area contributed by atoms with Crippen molar-refractivity contribution in [2.75, 3.05) is 19.8 Å². The molecule has 1 atom stereocenters. The molecule has 0 bridgehead atoms. The van der Waals surface area contributed by atoms with Gasteiger partial charge >= 0.3 is 5.97 Å². The fourth-order valence-corrected chi connectivity index (χ4v) is 3.79. The van der Waals surface area contributed by atoms with E-state index in [1.807, 2.05) is 37.3 Å². The maximum atomic E-state index is 13.1. The molecule has 0 spiro atoms. The highest BCUT2D eigenvalue weighted by Gasteiger charge is 2.45. The largest absolute Gasteiger partial charge is 0.490 e. The second kappa shape index (κ2) is 7.89. The molecule has 142 valence electrons. The van der Waals surface area contributed by atoms with Gasteiger partial charge in [-0.1, -0.05) is 53.5 Å². The van der Waals surface area contributed by atoms with Crippen LogP contribution in [0.2, 0.25) is 10.0 Å². The van der Waals surface area contributed by atoms with Crippen LogP contribution in [0.5, 0.6) is 5.75 Å². The van der Waals surface area contributed by atoms with Crippen molar-refractivity contribution in [2.24, 2.45) is 0 Å². The summed E-state index contributed by atoms with van der Waals surface area (Å²) in [5, 5.41) is 8.89. The third-order valence-electron chi connectivity index (χ3n) is 4.65. The summed E-state index contributed by atoms with van der Waals surface area (Å²) in [6, 6.07) is 11.3. The van der Waals surface area contributed by atoms with E-state index in [0.717, 1.165) is 11.1 Å². The molecule has 0 amide bonds. The summed E-state index contributed by atoms with van der Waals surface area (Å²) in [5.41, 5.74) is 1.42. The Bertz CT molecular complexity index is 882. The van der Waals surface area contributed by atoms with Crippen molar-refractivity contribution >= 4 is 35.0 Å². The molecule has 0 aromatic heterocycles. The minimum atomic E-state index is -1.05. The molecule has 2 aromatic rings. The molecular formula is C20H18Cl2O5. The Morgan fingerprint density at radius 3 is 2.56 bits per heavy atom. The lowest BCUT2D eigenvalue weighted by Crippen LogP contribution is -2.29. The van der Waals surface area contributed by atoms with Crippen LogP contribution in [0.4, 0.5) is 0 Å². The van der Waals surface area contributed by atoms with Gasteiger partial charge in [-0.05, 0) is 30.5 Å². The molecule has 3 rings (SSSR count). The van der Waals surface area contributed by atoms with Gasteiger partial charge in [0.05, 0.1) is 17.0 Å². The number of carboxylic acids is 1. The Hall–Kier alpha value is -2.08. The zero-order valence-electron chi connectivity index (χ0n) is 14.6. The van der Waals surface area contributed by atoms with Crippen LogP contribution in [0, 0.1) is 0 Å². The lowest BCUT2D eigenvalue weighted by atomic mass is 9.79. The number of aliphatic carboxylic acids is 1. The highest BCUT2D eigenvalue weighted by atomic mass is 35.5. The first kappa shape index (κ1) is 19.7. The zero-order valence-corrected chi connectivity index (χ0v) is 16.1. The summed E-state index contributed by atoms with van der Waals surface area (Å²) in [6.45, 7) is 1.71. The van der Waals surface area contributed by atoms with Crippen molar-refractivity contribution < 1.29 is 24.2 Å². The quantitative estimate of drug-likeness (QED) is 0.695. The van der Waals surface area contributed by atoms with Crippen LogP contribution >= 0.6 is 23.2 Å². The van der Waals surface area contributed by atoms with Crippen molar-refractivity contribution in [3.05, 3.63) is 63.1 Å². The molecule has 0 saturated heterocycles. The van der Waals surface area contributed by atoms with Crippen LogP contribution in [0.1, 0.15) is 28.4 Å². The molecular weight excluding hydrogens is 391 g/mol. The molecule has 1 unspecified atom stereocenters. The number of halogens is 2. The van der Waals surface area contributed by atoms with E-state index < -0.39 is 18.0 Å². The monoisotopic (exact) mass is 408 g/mol. The van der Waals surface area contributed by atoms with E-state index in [1.165, 1.54) is 0 Å². The number of benzene rings is 2. The van der Waals surface area contributed by atoms with Gasteiger partial charge < -0.3 is 14.6 Å². The number of fused-ring (bicyclic) bond motifs is 1. The maximum absolute atomic E-state index is 13.1. The van der Waals surface area contributed by atoms with Crippen molar-refractivity contribution in [2.45, 2.75) is 18.8 Å². The second-order valence-corrected chi connectivity index (χ2v) is 7.29. The number of Topliss-reactive ketones (excluding diaryl/α,β-unsaturated/α-hetero) is 1. The minimum Gasteiger partial charge on any atom is -0.490 e. The van der Waals surface area contributed by atoms with E-state index >= 15 is 0 Å². The molecule has 1 aliphatic rings. The SMILES string of the molecule is CC1(c2ccccc2)Cc2cc(OCCOCC(=O)O)c(Cl)c(Cl)c2C1=O. The van der Waals surface area contributed by atoms with Crippen LogP contribution in [-0.4, -0.2) is 36.7 Å². The molecule has 0 radical (unpaired) electrons. The Labute approximate surface area is 166 Å². The second-order valence-electron chi connectivity index (χ2n) is 6.54. The number of ether oxygens (including phenoxy) is 2. The lowest BCUT2D eigenvalue weighted by molar-refractivity contribution is -0.142. The first-order chi connectivity index (χ1) is 12.8. The third-order valence-corrected chi connectivity index (χ3v) is 5.50. The maximum Gasteiger partial charge on any atom is 0.329 e. The number of ketones is 1. The molecule has 0 saturated carbocycles. The summed E-state index contributed by atoms with van der Waals surface area (Å²) in [4.78, 5) is 23.5. The molecule has 1 aliphatic carbocycles. The summed E-state index contributed by atoms with van der Waals surface area (Å²) >= 11 is 12.7. The van der Waals surface area contributed by atoms with Gasteiger partial charge in [-0.3, -0.25) is 4.79 Å². The number of hydrogen-bond donors (Lipinski definition) is 1. The fraction of sp³-hybridized carbons (Fsp3) is 0.300. The number of hydrogen-bond acceptors (Lipinski definition) is 4. The number of carbonyl (C=O) groups excluding carboxylic acids is 1. The van der Waals surface area contributed by atoms with Crippen molar-refractivity contribution in [3.63, 3.8) is 0 Å². The van der Waals surface area contributed by atoms with Gasteiger partial charge in [0.15, 0.2) is 5.78 Å². The normalized spacial score (nSPS) is 18.4. The van der Waals surface area contributed by atoms with Gasteiger partial charge in [0.2, 0.25) is 0 Å². The lowest BCUT2D eigenvalue weighted by Gasteiger charge is -2.22. The number of rotatable bonds is 7. The van der Waals surface area contributed by atoms with E-state index in [2.05, 4.69) is 0 Å². The van der Waals surface area contributed by atoms with Crippen molar-refractivity contribution in [1.29, 1.82) is 0 Å². The summed E-state index contributed by atoms with van der Waals surface area (Å²) in [5.74, 6) is -0.760. The van der Waals surface area contributed by atoms with E-state index in [1.54, 1.807) is 6.07 Å². The minimum absolute atomic E-state index is 0.0630. The Morgan fingerprint density at radius 1 is 1.19 bits per heavy atom. The van der Waals surface area contributed by atoms with E-state index in [-0.39, 0.29) is 29.0 Å². The smallest absolute Gasteiger partial charge is 0.329 e. The predicted octanol–water partition coefficient (Wildman–Crippen LogP) is 4.17. The molecule has 27 heavy (non-hydrogen) atoms. The van der Waals surface area contributed by atoms with Gasteiger partial charge in [0.25, 0.3) is 0 Å². The summed E-state index contributed by atoms with van der Waals surface area (Å²) in [7, 11) is 0. The highest BCUT2D eigenvalue weighted by molar-refractivity contribution is 6.45. The summed E-state index contributed by atoms with van der Waals surface area (Å²) < 4.78 is 10.5. The van der Waals surface area contributed by atoms with Gasteiger partial charge in [-0.25, -0.2) is 4.79 Å². The van der Waals surface area contributed by atoms with E-state index in [0.29, 0.717) is 17.7 Å². The number of carboxylic acid groups (broad SMARTS) is 1. The predicted molar refractivity (Wildman–Crippen MR) is 102 cm³/mol. The van der Waals surface area contributed by atoms with Crippen molar-refractivity contribution in [1.82, 2.24) is 0 Å². The number of carbonyl (C=O) groups is 2. The third kappa shape index (κ3) is 3.81. The molecule has 2 aromatic carbocycles. The Balaban J connectivity index is 1.82. The Kier molecular flexibility index (Phi) is 5.75. The molecule has 0 aliphatic heterocycles. The van der Waals surface area contributed by atoms with Gasteiger partial charge in [-0.15, -0.1) is 0 Å². The van der Waals surface area contributed by atoms with Crippen LogP contribution in [0.3, 0.4) is 0 Å². The van der Waals surface area contributed by atoms with Crippen LogP contribution in [-0.2, 0) is 21.4 Å². The van der Waals surface area contributed by atoms with Gasteiger partial charge in [0, 0.05) is 5.56 Å². The molecule has 7 heteroatoms. The van der Waals surface area contributed by atoms with Crippen LogP contribution < -0.4 is 4.74 Å². The highest BCUT2D eigenvalue weighted by Crippen LogP contribution is 2.47. The molecule has 0 fully saturated rings. The molecule has 5 nitrogen and oxygen atoms in total. The van der Waals surface area contributed by atoms with Gasteiger partial charge in [-0.2, -0.15) is 0 Å². The standard InChI is InChI=1S/C20H18Cl2O5/c1-20(13-5-3-2-4-6-13)10-12-9-14(27-8-7-26-11-15(23)24)17(21)18(22)16(12)19(20)25/h2-6,9H,7-8,10-11H2,1H3,(H,23,24). The van der Waals surface area contributed by atoms with Crippen LogP contribution in [0.15, 0.2) is 36.4 Å². The Morgan fingerprint density at radius 2 is 1.89 bits per heavy atom. The molecule has 1 N–H and O–H groups in total. The first-order valence-electron chi connectivity index (χ1n) is 8.38. The van der Waals surface area contributed by atoms with Crippen molar-refractivity contribution in [3.8, 4) is 5.75 Å². The topological polar surface area (TPSA) is 72.8 Å². The van der Waals surface area contributed by atoms with E-state index in [9.17, 15) is 9.59 Å². The first-order valence-corrected chi connectivity index (χ1v) is 9.13. The zero-order chi connectivity index (χ0) is 19.6. The average molecular weight is 409 g/mol. The van der Waals surface area contributed by atoms with Crippen LogP contribution in [0.25, 0.3) is 0 Å². The molecule has 0 heterocycles. The van der Waals surface area contributed by atoms with E-state index in [4.69, 9.17) is 37.8 Å². The summed E-state index contributed by atoms with van der Waals surface area (Å²) in [6.07, 6.45) is 0.494. The van der Waals surface area contributed by atoms with Gasteiger partial charge in [0.1, 0.15) is 24.0 Å².